The first-order chi connectivity index (χ1) is 6.88. The van der Waals surface area contributed by atoms with Crippen LogP contribution >= 0.6 is 11.6 Å². The molecule has 2 heteroatoms. The van der Waals surface area contributed by atoms with Gasteiger partial charge in [-0.2, -0.15) is 0 Å². The van der Waals surface area contributed by atoms with Gasteiger partial charge in [-0.1, -0.05) is 43.7 Å². The quantitative estimate of drug-likeness (QED) is 0.652. The molecular formula is C12H17ClO. The van der Waals surface area contributed by atoms with Crippen molar-refractivity contribution < 1.29 is 4.74 Å². The fraction of sp³-hybridized carbons (Fsp3) is 0.500. The fourth-order valence-corrected chi connectivity index (χ4v) is 1.55. The first-order valence-corrected chi connectivity index (χ1v) is 5.64. The Morgan fingerprint density at radius 1 is 1.29 bits per heavy atom. The van der Waals surface area contributed by atoms with Crippen LogP contribution in [0.4, 0.5) is 0 Å². The van der Waals surface area contributed by atoms with Crippen molar-refractivity contribution in [2.24, 2.45) is 0 Å². The maximum absolute atomic E-state index is 5.69. The molecule has 0 aliphatic heterocycles. The average molecular weight is 213 g/mol. The molecular weight excluding hydrogens is 196 g/mol. The van der Waals surface area contributed by atoms with E-state index in [1.807, 2.05) is 18.2 Å². The molecule has 78 valence electrons. The Balaban J connectivity index is 2.58. The summed E-state index contributed by atoms with van der Waals surface area (Å²) in [7, 11) is 0. The minimum Gasteiger partial charge on any atom is -0.372 e. The highest BCUT2D eigenvalue weighted by Gasteiger charge is 2.09. The molecule has 0 fully saturated rings. The average Bonchev–Trinajstić information content (AvgIpc) is 2.25. The van der Waals surface area contributed by atoms with E-state index in [1.165, 1.54) is 5.56 Å². The lowest BCUT2D eigenvalue weighted by atomic mass is 10.1. The third-order valence-corrected chi connectivity index (χ3v) is 2.27. The van der Waals surface area contributed by atoms with Crippen LogP contribution < -0.4 is 0 Å². The van der Waals surface area contributed by atoms with Gasteiger partial charge in [0.1, 0.15) is 0 Å². The Kier molecular flexibility index (Phi) is 5.65. The highest BCUT2D eigenvalue weighted by atomic mass is 35.5. The van der Waals surface area contributed by atoms with E-state index in [0.29, 0.717) is 12.5 Å². The molecule has 0 radical (unpaired) electrons. The highest BCUT2D eigenvalue weighted by molar-refractivity contribution is 6.17. The third-order valence-electron chi connectivity index (χ3n) is 2.12. The fourth-order valence-electron chi connectivity index (χ4n) is 1.46. The molecule has 1 aromatic carbocycles. The summed E-state index contributed by atoms with van der Waals surface area (Å²) in [6, 6.07) is 10.3. The molecule has 0 saturated carbocycles. The van der Waals surface area contributed by atoms with Crippen molar-refractivity contribution in [1.82, 2.24) is 0 Å². The predicted octanol–water partition coefficient (Wildman–Crippen LogP) is 3.78. The van der Waals surface area contributed by atoms with Gasteiger partial charge >= 0.3 is 0 Å². The topological polar surface area (TPSA) is 9.23 Å². The maximum atomic E-state index is 5.69. The number of halogens is 1. The zero-order valence-corrected chi connectivity index (χ0v) is 9.33. The van der Waals surface area contributed by atoms with Crippen molar-refractivity contribution in [3.05, 3.63) is 35.9 Å². The van der Waals surface area contributed by atoms with E-state index in [4.69, 9.17) is 16.3 Å². The summed E-state index contributed by atoms with van der Waals surface area (Å²) in [6.07, 6.45) is 2.39. The van der Waals surface area contributed by atoms with Crippen molar-refractivity contribution in [2.75, 3.05) is 12.5 Å². The monoisotopic (exact) mass is 212 g/mol. The molecule has 1 atom stereocenters. The molecule has 0 aromatic heterocycles. The van der Waals surface area contributed by atoms with Crippen molar-refractivity contribution in [1.29, 1.82) is 0 Å². The molecule has 0 aliphatic carbocycles. The Labute approximate surface area is 91.0 Å². The number of hydrogen-bond acceptors (Lipinski definition) is 1. The number of benzene rings is 1. The van der Waals surface area contributed by atoms with Gasteiger partial charge in [0.15, 0.2) is 0 Å². The van der Waals surface area contributed by atoms with Crippen LogP contribution in [0.2, 0.25) is 0 Å². The molecule has 0 heterocycles. The van der Waals surface area contributed by atoms with Gasteiger partial charge in [0.05, 0.1) is 12.7 Å². The predicted molar refractivity (Wildman–Crippen MR) is 60.8 cm³/mol. The van der Waals surface area contributed by atoms with Crippen molar-refractivity contribution in [3.8, 4) is 0 Å². The van der Waals surface area contributed by atoms with E-state index in [0.717, 1.165) is 12.8 Å². The lowest BCUT2D eigenvalue weighted by molar-refractivity contribution is 0.0570. The van der Waals surface area contributed by atoms with E-state index in [9.17, 15) is 0 Å². The van der Waals surface area contributed by atoms with Gasteiger partial charge < -0.3 is 4.74 Å². The zero-order chi connectivity index (χ0) is 10.2. The second-order valence-corrected chi connectivity index (χ2v) is 3.63. The molecule has 0 bridgehead atoms. The second kappa shape index (κ2) is 6.86. The number of hydrogen-bond donors (Lipinski definition) is 0. The molecule has 14 heavy (non-hydrogen) atoms. The van der Waals surface area contributed by atoms with Crippen LogP contribution in [-0.4, -0.2) is 12.5 Å². The van der Waals surface area contributed by atoms with Crippen LogP contribution in [0.5, 0.6) is 0 Å². The normalized spacial score (nSPS) is 12.7. The van der Waals surface area contributed by atoms with Gasteiger partial charge in [-0.15, -0.1) is 11.6 Å². The number of rotatable bonds is 6. The molecule has 1 unspecified atom stereocenters. The first-order valence-electron chi connectivity index (χ1n) is 5.11. The van der Waals surface area contributed by atoms with E-state index in [-0.39, 0.29) is 6.10 Å². The van der Waals surface area contributed by atoms with Crippen LogP contribution in [0, 0.1) is 0 Å². The van der Waals surface area contributed by atoms with E-state index < -0.39 is 0 Å². The lowest BCUT2D eigenvalue weighted by Gasteiger charge is -2.16. The van der Waals surface area contributed by atoms with Gasteiger partial charge in [-0.05, 0) is 12.0 Å². The molecule has 1 nitrogen and oxygen atoms in total. The minimum atomic E-state index is 0.208. The van der Waals surface area contributed by atoms with Crippen LogP contribution in [-0.2, 0) is 4.74 Å². The molecule has 0 saturated heterocycles. The Morgan fingerprint density at radius 3 is 2.57 bits per heavy atom. The summed E-state index contributed by atoms with van der Waals surface area (Å²) < 4.78 is 5.69. The summed E-state index contributed by atoms with van der Waals surface area (Å²) in [4.78, 5) is 0. The summed E-state index contributed by atoms with van der Waals surface area (Å²) in [5, 5.41) is 0. The van der Waals surface area contributed by atoms with E-state index >= 15 is 0 Å². The Hall–Kier alpha value is -0.530. The van der Waals surface area contributed by atoms with Crippen LogP contribution in [0.3, 0.4) is 0 Å². The van der Waals surface area contributed by atoms with Gasteiger partial charge in [-0.3, -0.25) is 0 Å². The summed E-state index contributed by atoms with van der Waals surface area (Å²) in [5.74, 6) is 0.563. The molecule has 1 aromatic rings. The minimum absolute atomic E-state index is 0.208. The van der Waals surface area contributed by atoms with Gasteiger partial charge in [-0.25, -0.2) is 0 Å². The third kappa shape index (κ3) is 3.69. The van der Waals surface area contributed by atoms with Crippen molar-refractivity contribution in [3.63, 3.8) is 0 Å². The number of ether oxygens (including phenoxy) is 1. The molecule has 0 amide bonds. The summed E-state index contributed by atoms with van der Waals surface area (Å²) in [6.45, 7) is 2.79. The second-order valence-electron chi connectivity index (χ2n) is 3.25. The Bertz CT molecular complexity index is 235. The van der Waals surface area contributed by atoms with Crippen molar-refractivity contribution >= 4 is 11.6 Å². The van der Waals surface area contributed by atoms with Crippen LogP contribution in [0.1, 0.15) is 31.4 Å². The zero-order valence-electron chi connectivity index (χ0n) is 8.58. The SMILES string of the molecule is CCCC(OCCCl)c1ccccc1. The van der Waals surface area contributed by atoms with E-state index in [2.05, 4.69) is 19.1 Å². The van der Waals surface area contributed by atoms with Crippen molar-refractivity contribution in [2.45, 2.75) is 25.9 Å². The number of alkyl halides is 1. The van der Waals surface area contributed by atoms with Crippen LogP contribution in [0.25, 0.3) is 0 Å². The summed E-state index contributed by atoms with van der Waals surface area (Å²) >= 11 is 5.61. The largest absolute Gasteiger partial charge is 0.372 e. The molecule has 0 spiro atoms. The maximum Gasteiger partial charge on any atom is 0.0825 e. The highest BCUT2D eigenvalue weighted by Crippen LogP contribution is 2.22. The lowest BCUT2D eigenvalue weighted by Crippen LogP contribution is -2.06. The van der Waals surface area contributed by atoms with Gasteiger partial charge in [0.2, 0.25) is 0 Å². The molecule has 1 rings (SSSR count). The molecule has 0 aliphatic rings. The molecule has 0 N–H and O–H groups in total. The first kappa shape index (κ1) is 11.5. The smallest absolute Gasteiger partial charge is 0.0825 e. The van der Waals surface area contributed by atoms with Gasteiger partial charge in [0.25, 0.3) is 0 Å². The van der Waals surface area contributed by atoms with Gasteiger partial charge in [0, 0.05) is 5.88 Å². The van der Waals surface area contributed by atoms with Crippen LogP contribution in [0.15, 0.2) is 30.3 Å². The van der Waals surface area contributed by atoms with E-state index in [1.54, 1.807) is 0 Å². The summed E-state index contributed by atoms with van der Waals surface area (Å²) in [5.41, 5.74) is 1.25. The Morgan fingerprint density at radius 2 is 2.00 bits per heavy atom. The standard InChI is InChI=1S/C12H17ClO/c1-2-6-12(14-10-9-13)11-7-4-3-5-8-11/h3-5,7-8,12H,2,6,9-10H2,1H3.